The summed E-state index contributed by atoms with van der Waals surface area (Å²) in [6.07, 6.45) is 0. The van der Waals surface area contributed by atoms with Crippen molar-refractivity contribution in [2.24, 2.45) is 0 Å². The molecule has 0 aromatic heterocycles. The Labute approximate surface area is 163 Å². The maximum absolute atomic E-state index is 12.1. The van der Waals surface area contributed by atoms with Crippen LogP contribution >= 0.6 is 0 Å². The van der Waals surface area contributed by atoms with Crippen LogP contribution in [0.25, 0.3) is 0 Å². The van der Waals surface area contributed by atoms with Gasteiger partial charge >= 0.3 is 0 Å². The quantitative estimate of drug-likeness (QED) is 0.638. The van der Waals surface area contributed by atoms with E-state index in [4.69, 9.17) is 9.47 Å². The number of carbonyl (C=O) groups is 2. The molecule has 0 unspecified atom stereocenters. The Morgan fingerprint density at radius 3 is 2.14 bits per heavy atom. The van der Waals surface area contributed by atoms with Crippen LogP contribution in [0.1, 0.15) is 6.92 Å². The molecule has 0 aliphatic rings. The number of benzene rings is 3. The van der Waals surface area contributed by atoms with Crippen molar-refractivity contribution >= 4 is 23.2 Å². The average Bonchev–Trinajstić information content (AvgIpc) is 2.67. The summed E-state index contributed by atoms with van der Waals surface area (Å²) in [6.45, 7) is 1.27. The lowest BCUT2D eigenvalue weighted by Crippen LogP contribution is -2.20. The first-order valence-electron chi connectivity index (χ1n) is 8.72. The van der Waals surface area contributed by atoms with E-state index in [-0.39, 0.29) is 18.4 Å². The van der Waals surface area contributed by atoms with E-state index in [1.807, 2.05) is 36.4 Å². The third kappa shape index (κ3) is 5.88. The highest BCUT2D eigenvalue weighted by Crippen LogP contribution is 2.25. The lowest BCUT2D eigenvalue weighted by Gasteiger charge is -2.10. The molecule has 3 aromatic carbocycles. The summed E-state index contributed by atoms with van der Waals surface area (Å²) in [5.41, 5.74) is 1.18. The van der Waals surface area contributed by atoms with Gasteiger partial charge in [0.1, 0.15) is 17.2 Å². The summed E-state index contributed by atoms with van der Waals surface area (Å²) in [5.74, 6) is 1.37. The molecule has 0 saturated heterocycles. The second-order valence-corrected chi connectivity index (χ2v) is 5.99. The highest BCUT2D eigenvalue weighted by molar-refractivity contribution is 5.94. The van der Waals surface area contributed by atoms with E-state index in [1.165, 1.54) is 6.92 Å². The number of hydrogen-bond acceptors (Lipinski definition) is 4. The van der Waals surface area contributed by atoms with E-state index < -0.39 is 0 Å². The molecule has 0 bridgehead atoms. The van der Waals surface area contributed by atoms with Crippen molar-refractivity contribution in [3.63, 3.8) is 0 Å². The summed E-state index contributed by atoms with van der Waals surface area (Å²) >= 11 is 0. The first-order valence-corrected chi connectivity index (χ1v) is 8.72. The van der Waals surface area contributed by atoms with Gasteiger partial charge in [-0.1, -0.05) is 30.3 Å². The predicted molar refractivity (Wildman–Crippen MR) is 108 cm³/mol. The van der Waals surface area contributed by atoms with Gasteiger partial charge < -0.3 is 20.1 Å². The van der Waals surface area contributed by atoms with Crippen LogP contribution in [0.5, 0.6) is 17.2 Å². The van der Waals surface area contributed by atoms with Crippen molar-refractivity contribution in [2.75, 3.05) is 17.2 Å². The number of anilines is 2. The molecule has 3 rings (SSSR count). The zero-order chi connectivity index (χ0) is 19.8. The van der Waals surface area contributed by atoms with Crippen LogP contribution in [0.3, 0.4) is 0 Å². The first kappa shape index (κ1) is 19.0. The summed E-state index contributed by atoms with van der Waals surface area (Å²) in [6, 6.07) is 23.4. The van der Waals surface area contributed by atoms with Gasteiger partial charge in [-0.3, -0.25) is 9.59 Å². The van der Waals surface area contributed by atoms with Crippen molar-refractivity contribution in [3.05, 3.63) is 78.9 Å². The van der Waals surface area contributed by atoms with Crippen molar-refractivity contribution in [2.45, 2.75) is 6.92 Å². The van der Waals surface area contributed by atoms with Gasteiger partial charge in [0.2, 0.25) is 5.91 Å². The molecule has 0 aliphatic carbocycles. The molecule has 2 N–H and O–H groups in total. The van der Waals surface area contributed by atoms with E-state index in [0.717, 1.165) is 5.75 Å². The molecular formula is C22H20N2O4. The molecule has 3 aromatic rings. The Kier molecular flexibility index (Phi) is 6.25. The Bertz CT molecular complexity index is 958. The standard InChI is InChI=1S/C22H20N2O4/c1-16(25)23-17-7-5-8-18(13-17)24-22(26)15-27-20-11-6-12-21(14-20)28-19-9-3-2-4-10-19/h2-14H,15H2,1H3,(H,23,25)(H,24,26). The van der Waals surface area contributed by atoms with Crippen molar-refractivity contribution in [1.82, 2.24) is 0 Å². The number of amides is 2. The molecular weight excluding hydrogens is 356 g/mol. The third-order valence-corrected chi connectivity index (χ3v) is 3.62. The molecule has 28 heavy (non-hydrogen) atoms. The van der Waals surface area contributed by atoms with Gasteiger partial charge in [0.05, 0.1) is 0 Å². The van der Waals surface area contributed by atoms with Gasteiger partial charge in [-0.05, 0) is 42.5 Å². The lowest BCUT2D eigenvalue weighted by atomic mass is 10.2. The van der Waals surface area contributed by atoms with Crippen LogP contribution in [-0.2, 0) is 9.59 Å². The third-order valence-electron chi connectivity index (χ3n) is 3.62. The Hall–Kier alpha value is -3.80. The minimum atomic E-state index is -0.311. The highest BCUT2D eigenvalue weighted by atomic mass is 16.5. The Morgan fingerprint density at radius 2 is 1.39 bits per heavy atom. The van der Waals surface area contributed by atoms with E-state index in [1.54, 1.807) is 42.5 Å². The number of carbonyl (C=O) groups excluding carboxylic acids is 2. The molecule has 2 amide bonds. The molecule has 0 aliphatic heterocycles. The van der Waals surface area contributed by atoms with E-state index >= 15 is 0 Å². The van der Waals surface area contributed by atoms with Crippen molar-refractivity contribution in [3.8, 4) is 17.2 Å². The van der Waals surface area contributed by atoms with Gasteiger partial charge in [0.15, 0.2) is 6.61 Å². The molecule has 6 heteroatoms. The second-order valence-electron chi connectivity index (χ2n) is 5.99. The van der Waals surface area contributed by atoms with Gasteiger partial charge in [0, 0.05) is 24.4 Å². The van der Waals surface area contributed by atoms with Crippen LogP contribution in [0.4, 0.5) is 11.4 Å². The SMILES string of the molecule is CC(=O)Nc1cccc(NC(=O)COc2cccc(Oc3ccccc3)c2)c1. The summed E-state index contributed by atoms with van der Waals surface area (Å²) in [7, 11) is 0. The predicted octanol–water partition coefficient (Wildman–Crippen LogP) is 4.45. The maximum atomic E-state index is 12.1. The summed E-state index contributed by atoms with van der Waals surface area (Å²) < 4.78 is 11.3. The number of hydrogen-bond donors (Lipinski definition) is 2. The van der Waals surface area contributed by atoms with Gasteiger partial charge in [-0.15, -0.1) is 0 Å². The van der Waals surface area contributed by atoms with Crippen LogP contribution in [0.15, 0.2) is 78.9 Å². The molecule has 0 fully saturated rings. The second kappa shape index (κ2) is 9.23. The fourth-order valence-corrected chi connectivity index (χ4v) is 2.48. The topological polar surface area (TPSA) is 76.7 Å². The Morgan fingerprint density at radius 1 is 0.750 bits per heavy atom. The van der Waals surface area contributed by atoms with E-state index in [9.17, 15) is 9.59 Å². The van der Waals surface area contributed by atoms with Crippen LogP contribution in [-0.4, -0.2) is 18.4 Å². The van der Waals surface area contributed by atoms with E-state index in [2.05, 4.69) is 10.6 Å². The van der Waals surface area contributed by atoms with Crippen LogP contribution < -0.4 is 20.1 Å². The van der Waals surface area contributed by atoms with Crippen LogP contribution in [0.2, 0.25) is 0 Å². The molecule has 0 saturated carbocycles. The molecule has 6 nitrogen and oxygen atoms in total. The number of rotatable bonds is 7. The fraction of sp³-hybridized carbons (Fsp3) is 0.0909. The first-order chi connectivity index (χ1) is 13.6. The smallest absolute Gasteiger partial charge is 0.262 e. The molecule has 0 atom stereocenters. The minimum Gasteiger partial charge on any atom is -0.484 e. The van der Waals surface area contributed by atoms with E-state index in [0.29, 0.717) is 22.9 Å². The lowest BCUT2D eigenvalue weighted by molar-refractivity contribution is -0.118. The largest absolute Gasteiger partial charge is 0.484 e. The van der Waals surface area contributed by atoms with Gasteiger partial charge in [-0.25, -0.2) is 0 Å². The minimum absolute atomic E-state index is 0.154. The molecule has 0 spiro atoms. The monoisotopic (exact) mass is 376 g/mol. The molecule has 0 radical (unpaired) electrons. The summed E-state index contributed by atoms with van der Waals surface area (Å²) in [4.78, 5) is 23.3. The summed E-state index contributed by atoms with van der Waals surface area (Å²) in [5, 5.41) is 5.40. The zero-order valence-corrected chi connectivity index (χ0v) is 15.3. The van der Waals surface area contributed by atoms with Crippen LogP contribution in [0, 0.1) is 0 Å². The average molecular weight is 376 g/mol. The highest BCUT2D eigenvalue weighted by Gasteiger charge is 2.06. The number of ether oxygens (including phenoxy) is 2. The van der Waals surface area contributed by atoms with Gasteiger partial charge in [0.25, 0.3) is 5.91 Å². The number of nitrogens with one attached hydrogen (secondary N) is 2. The van der Waals surface area contributed by atoms with Crippen molar-refractivity contribution in [1.29, 1.82) is 0 Å². The van der Waals surface area contributed by atoms with Gasteiger partial charge in [-0.2, -0.15) is 0 Å². The Balaban J connectivity index is 1.55. The maximum Gasteiger partial charge on any atom is 0.262 e. The molecule has 0 heterocycles. The van der Waals surface area contributed by atoms with Crippen molar-refractivity contribution < 1.29 is 19.1 Å². The zero-order valence-electron chi connectivity index (χ0n) is 15.3. The fourth-order valence-electron chi connectivity index (χ4n) is 2.48. The number of para-hydroxylation sites is 1. The normalized spacial score (nSPS) is 10.0. The molecule has 142 valence electrons.